The zero-order valence-electron chi connectivity index (χ0n) is 19.6. The van der Waals surface area contributed by atoms with E-state index in [-0.39, 0.29) is 5.91 Å². The predicted octanol–water partition coefficient (Wildman–Crippen LogP) is 2.56. The van der Waals surface area contributed by atoms with Gasteiger partial charge in [-0.05, 0) is 51.0 Å². The number of nitrogens with one attached hydrogen (secondary N) is 3. The van der Waals surface area contributed by atoms with Gasteiger partial charge in [-0.15, -0.1) is 0 Å². The summed E-state index contributed by atoms with van der Waals surface area (Å²) in [6.45, 7) is 6.68. The Hall–Kier alpha value is -3.72. The van der Waals surface area contributed by atoms with Crippen molar-refractivity contribution >= 4 is 29.4 Å². The van der Waals surface area contributed by atoms with Crippen LogP contribution in [0.5, 0.6) is 0 Å². The molecule has 1 unspecified atom stereocenters. The number of rotatable bonds is 10. The molecule has 2 aromatic carbocycles. The first kappa shape index (κ1) is 24.9. The van der Waals surface area contributed by atoms with Crippen LogP contribution in [0.2, 0.25) is 0 Å². The van der Waals surface area contributed by atoms with Gasteiger partial charge in [0.2, 0.25) is 5.91 Å². The summed E-state index contributed by atoms with van der Waals surface area (Å²) in [5.74, 6) is -1.32. The van der Waals surface area contributed by atoms with Gasteiger partial charge in [-0.3, -0.25) is 19.3 Å². The molecule has 1 fully saturated rings. The monoisotopic (exact) mass is 466 g/mol. The van der Waals surface area contributed by atoms with Crippen LogP contribution in [-0.4, -0.2) is 55.0 Å². The first-order chi connectivity index (χ1) is 16.2. The molecule has 1 aliphatic heterocycles. The lowest BCUT2D eigenvalue weighted by atomic mass is 9.91. The van der Waals surface area contributed by atoms with Crippen LogP contribution in [0.3, 0.4) is 0 Å². The Labute approximate surface area is 198 Å². The fourth-order valence-electron chi connectivity index (χ4n) is 3.63. The zero-order valence-corrected chi connectivity index (χ0v) is 19.6. The fourth-order valence-corrected chi connectivity index (χ4v) is 3.63. The molecule has 5 amide bonds. The number of imide groups is 1. The topological polar surface area (TPSA) is 117 Å². The molecule has 1 saturated heterocycles. The number of carbonyl (C=O) groups is 4. The standard InChI is InChI=1S/C25H30N4O5/c1-4-34-14-6-13-26-22(31)18-7-5-8-20(15-18)27-21(30)16-29-23(32)25(3,28-24(29)33)19-11-9-17(2)10-12-19/h5,7-12,15H,4,6,13-14,16H2,1-3H3,(H,26,31)(H,27,30)(H,28,33). The van der Waals surface area contributed by atoms with Crippen LogP contribution in [0.4, 0.5) is 10.5 Å². The van der Waals surface area contributed by atoms with Gasteiger partial charge in [-0.25, -0.2) is 4.79 Å². The molecular formula is C25H30N4O5. The lowest BCUT2D eigenvalue weighted by molar-refractivity contribution is -0.133. The van der Waals surface area contributed by atoms with Crippen LogP contribution in [-0.2, 0) is 19.9 Å². The minimum Gasteiger partial charge on any atom is -0.382 e. The second-order valence-corrected chi connectivity index (χ2v) is 8.25. The number of amides is 5. The highest BCUT2D eigenvalue weighted by Gasteiger charge is 2.49. The molecular weight excluding hydrogens is 436 g/mol. The molecule has 9 heteroatoms. The summed E-state index contributed by atoms with van der Waals surface area (Å²) in [5.41, 5.74) is 1.20. The molecule has 1 aliphatic rings. The SMILES string of the molecule is CCOCCCNC(=O)c1cccc(NC(=O)CN2C(=O)NC(C)(c3ccc(C)cc3)C2=O)c1. The summed E-state index contributed by atoms with van der Waals surface area (Å²) in [7, 11) is 0. The van der Waals surface area contributed by atoms with Gasteiger partial charge in [0.05, 0.1) is 0 Å². The highest BCUT2D eigenvalue weighted by atomic mass is 16.5. The maximum absolute atomic E-state index is 13.0. The van der Waals surface area contributed by atoms with E-state index in [1.165, 1.54) is 6.07 Å². The van der Waals surface area contributed by atoms with Crippen LogP contribution in [0, 0.1) is 6.92 Å². The molecule has 3 rings (SSSR count). The van der Waals surface area contributed by atoms with Crippen LogP contribution in [0.1, 0.15) is 41.8 Å². The summed E-state index contributed by atoms with van der Waals surface area (Å²) in [5, 5.41) is 8.14. The van der Waals surface area contributed by atoms with Gasteiger partial charge in [0.15, 0.2) is 0 Å². The lowest BCUT2D eigenvalue weighted by Crippen LogP contribution is -2.42. The number of urea groups is 1. The average molecular weight is 467 g/mol. The van der Waals surface area contributed by atoms with E-state index in [9.17, 15) is 19.2 Å². The lowest BCUT2D eigenvalue weighted by Gasteiger charge is -2.22. The van der Waals surface area contributed by atoms with Crippen molar-refractivity contribution in [1.29, 1.82) is 0 Å². The molecule has 3 N–H and O–H groups in total. The Morgan fingerprint density at radius 2 is 1.85 bits per heavy atom. The fraction of sp³-hybridized carbons (Fsp3) is 0.360. The molecule has 1 atom stereocenters. The molecule has 1 heterocycles. The van der Waals surface area contributed by atoms with E-state index in [2.05, 4.69) is 16.0 Å². The summed E-state index contributed by atoms with van der Waals surface area (Å²) in [4.78, 5) is 51.3. The zero-order chi connectivity index (χ0) is 24.7. The van der Waals surface area contributed by atoms with Crippen LogP contribution >= 0.6 is 0 Å². The van der Waals surface area contributed by atoms with E-state index in [1.807, 2.05) is 26.0 Å². The van der Waals surface area contributed by atoms with Crippen LogP contribution < -0.4 is 16.0 Å². The molecule has 34 heavy (non-hydrogen) atoms. The van der Waals surface area contributed by atoms with Crippen molar-refractivity contribution in [1.82, 2.24) is 15.5 Å². The van der Waals surface area contributed by atoms with Crippen molar-refractivity contribution in [2.75, 3.05) is 31.6 Å². The third-order valence-corrected chi connectivity index (χ3v) is 5.57. The van der Waals surface area contributed by atoms with Gasteiger partial charge >= 0.3 is 6.03 Å². The Morgan fingerprint density at radius 3 is 2.56 bits per heavy atom. The van der Waals surface area contributed by atoms with Gasteiger partial charge in [0.1, 0.15) is 12.1 Å². The van der Waals surface area contributed by atoms with Crippen molar-refractivity contribution in [3.63, 3.8) is 0 Å². The van der Waals surface area contributed by atoms with E-state index < -0.39 is 29.9 Å². The number of benzene rings is 2. The third-order valence-electron chi connectivity index (χ3n) is 5.57. The Kier molecular flexibility index (Phi) is 8.01. The van der Waals surface area contributed by atoms with Crippen molar-refractivity contribution < 1.29 is 23.9 Å². The van der Waals surface area contributed by atoms with Crippen molar-refractivity contribution in [2.24, 2.45) is 0 Å². The number of aryl methyl sites for hydroxylation is 1. The summed E-state index contributed by atoms with van der Waals surface area (Å²) in [6.07, 6.45) is 0.698. The van der Waals surface area contributed by atoms with E-state index >= 15 is 0 Å². The number of nitrogens with zero attached hydrogens (tertiary/aromatic N) is 1. The highest BCUT2D eigenvalue weighted by Crippen LogP contribution is 2.29. The summed E-state index contributed by atoms with van der Waals surface area (Å²) in [6, 6.07) is 13.1. The molecule has 0 bridgehead atoms. The second-order valence-electron chi connectivity index (χ2n) is 8.25. The van der Waals surface area contributed by atoms with E-state index in [0.29, 0.717) is 43.0 Å². The Morgan fingerprint density at radius 1 is 1.12 bits per heavy atom. The van der Waals surface area contributed by atoms with E-state index in [1.54, 1.807) is 37.3 Å². The number of anilines is 1. The predicted molar refractivity (Wildman–Crippen MR) is 127 cm³/mol. The third kappa shape index (κ3) is 5.79. The maximum Gasteiger partial charge on any atom is 0.325 e. The largest absolute Gasteiger partial charge is 0.382 e. The van der Waals surface area contributed by atoms with Gasteiger partial charge in [-0.1, -0.05) is 35.9 Å². The number of hydrogen-bond acceptors (Lipinski definition) is 5. The van der Waals surface area contributed by atoms with Crippen LogP contribution in [0.15, 0.2) is 48.5 Å². The molecule has 0 spiro atoms. The minimum absolute atomic E-state index is 0.268. The second kappa shape index (κ2) is 10.9. The Bertz CT molecular complexity index is 1070. The molecule has 180 valence electrons. The van der Waals surface area contributed by atoms with Gasteiger partial charge in [-0.2, -0.15) is 0 Å². The molecule has 2 aromatic rings. The number of carbonyl (C=O) groups excluding carboxylic acids is 4. The van der Waals surface area contributed by atoms with Crippen molar-refractivity contribution in [3.05, 3.63) is 65.2 Å². The molecule has 0 saturated carbocycles. The summed E-state index contributed by atoms with van der Waals surface area (Å²) >= 11 is 0. The number of hydrogen-bond donors (Lipinski definition) is 3. The van der Waals surface area contributed by atoms with Gasteiger partial charge in [0, 0.05) is 31.0 Å². The summed E-state index contributed by atoms with van der Waals surface area (Å²) < 4.78 is 5.24. The molecule has 0 aliphatic carbocycles. The highest BCUT2D eigenvalue weighted by molar-refractivity contribution is 6.10. The van der Waals surface area contributed by atoms with Crippen molar-refractivity contribution in [2.45, 2.75) is 32.7 Å². The van der Waals surface area contributed by atoms with E-state index in [0.717, 1.165) is 10.5 Å². The smallest absolute Gasteiger partial charge is 0.325 e. The van der Waals surface area contributed by atoms with Gasteiger partial charge in [0.25, 0.3) is 11.8 Å². The number of ether oxygens (including phenoxy) is 1. The minimum atomic E-state index is -1.24. The first-order valence-electron chi connectivity index (χ1n) is 11.2. The average Bonchev–Trinajstić information content (AvgIpc) is 3.03. The van der Waals surface area contributed by atoms with Gasteiger partial charge < -0.3 is 20.7 Å². The first-order valence-corrected chi connectivity index (χ1v) is 11.2. The molecule has 0 radical (unpaired) electrons. The maximum atomic E-state index is 13.0. The molecule has 0 aromatic heterocycles. The van der Waals surface area contributed by atoms with Crippen molar-refractivity contribution in [3.8, 4) is 0 Å². The Balaban J connectivity index is 1.59. The normalized spacial score (nSPS) is 17.4. The quantitative estimate of drug-likeness (QED) is 0.368. The van der Waals surface area contributed by atoms with E-state index in [4.69, 9.17) is 4.74 Å². The van der Waals surface area contributed by atoms with Crippen LogP contribution in [0.25, 0.3) is 0 Å². The molecule has 9 nitrogen and oxygen atoms in total.